The molecule has 6 nitrogen and oxygen atoms in total. The third-order valence-electron chi connectivity index (χ3n) is 2.09. The van der Waals surface area contributed by atoms with Crippen LogP contribution in [0.15, 0.2) is 18.3 Å². The lowest BCUT2D eigenvalue weighted by Gasteiger charge is -2.15. The maximum Gasteiger partial charge on any atom is 0.364 e. The predicted molar refractivity (Wildman–Crippen MR) is 58.1 cm³/mol. The van der Waals surface area contributed by atoms with Crippen LogP contribution in [0, 0.1) is 10.1 Å². The van der Waals surface area contributed by atoms with Crippen LogP contribution in [-0.2, 0) is 0 Å². The van der Waals surface area contributed by atoms with Crippen LogP contribution in [0.3, 0.4) is 0 Å². The van der Waals surface area contributed by atoms with E-state index in [-0.39, 0.29) is 17.3 Å². The van der Waals surface area contributed by atoms with Gasteiger partial charge in [0, 0.05) is 19.7 Å². The van der Waals surface area contributed by atoms with Gasteiger partial charge in [-0.05, 0) is 22.4 Å². The number of carbonyl (C=O) groups excluding carboxylic acids is 1. The molecule has 6 heteroatoms. The van der Waals surface area contributed by atoms with E-state index < -0.39 is 4.92 Å². The maximum absolute atomic E-state index is 11.8. The molecule has 0 aromatic carbocycles. The first-order valence-electron chi connectivity index (χ1n) is 4.92. The van der Waals surface area contributed by atoms with Crippen LogP contribution in [0.4, 0.5) is 5.82 Å². The third-order valence-corrected chi connectivity index (χ3v) is 2.09. The van der Waals surface area contributed by atoms with E-state index in [4.69, 9.17) is 0 Å². The first-order chi connectivity index (χ1) is 7.56. The topological polar surface area (TPSA) is 76.3 Å². The van der Waals surface area contributed by atoms with Gasteiger partial charge in [0.1, 0.15) is 6.20 Å². The highest BCUT2D eigenvalue weighted by Crippen LogP contribution is 2.11. The number of nitrogens with zero attached hydrogens (tertiary/aromatic N) is 3. The van der Waals surface area contributed by atoms with Crippen LogP contribution < -0.4 is 0 Å². The first-order valence-corrected chi connectivity index (χ1v) is 4.92. The fraction of sp³-hybridized carbons (Fsp3) is 0.400. The van der Waals surface area contributed by atoms with Crippen LogP contribution in [0.1, 0.15) is 23.7 Å². The van der Waals surface area contributed by atoms with E-state index in [2.05, 4.69) is 4.98 Å². The van der Waals surface area contributed by atoms with Gasteiger partial charge in [0.2, 0.25) is 0 Å². The largest absolute Gasteiger partial charge is 0.364 e. The summed E-state index contributed by atoms with van der Waals surface area (Å²) in [4.78, 5) is 26.7. The summed E-state index contributed by atoms with van der Waals surface area (Å²) in [5, 5.41) is 10.5. The number of aromatic nitrogens is 1. The van der Waals surface area contributed by atoms with Gasteiger partial charge in [-0.1, -0.05) is 6.92 Å². The molecule has 0 aliphatic carbocycles. The minimum absolute atomic E-state index is 0.229. The summed E-state index contributed by atoms with van der Waals surface area (Å²) in [6.45, 7) is 2.58. The molecule has 0 saturated heterocycles. The zero-order chi connectivity index (χ0) is 12.1. The number of nitro groups is 1. The van der Waals surface area contributed by atoms with Gasteiger partial charge in [0.15, 0.2) is 0 Å². The molecule has 0 fully saturated rings. The van der Waals surface area contributed by atoms with Crippen LogP contribution in [0.2, 0.25) is 0 Å². The summed E-state index contributed by atoms with van der Waals surface area (Å²) >= 11 is 0. The standard InChI is InChI=1S/C10H13N3O3/c1-3-6-12(2)10(14)8-4-5-11-9(7-8)13(15)16/h4-5,7H,3,6H2,1-2H3. The summed E-state index contributed by atoms with van der Waals surface area (Å²) in [7, 11) is 1.66. The molecule has 86 valence electrons. The van der Waals surface area contributed by atoms with Gasteiger partial charge in [-0.3, -0.25) is 4.79 Å². The summed E-state index contributed by atoms with van der Waals surface area (Å²) in [5.41, 5.74) is 0.289. The van der Waals surface area contributed by atoms with Crippen LogP contribution in [0.5, 0.6) is 0 Å². The minimum atomic E-state index is -0.614. The Hall–Kier alpha value is -1.98. The summed E-state index contributed by atoms with van der Waals surface area (Å²) in [5.74, 6) is -0.539. The molecule has 0 N–H and O–H groups in total. The molecule has 16 heavy (non-hydrogen) atoms. The Balaban J connectivity index is 2.91. The highest BCUT2D eigenvalue weighted by molar-refractivity contribution is 5.94. The lowest BCUT2D eigenvalue weighted by Crippen LogP contribution is -2.27. The van der Waals surface area contributed by atoms with Crippen molar-refractivity contribution in [2.45, 2.75) is 13.3 Å². The van der Waals surface area contributed by atoms with Gasteiger partial charge in [0.05, 0.1) is 5.56 Å². The van der Waals surface area contributed by atoms with E-state index in [1.54, 1.807) is 7.05 Å². The van der Waals surface area contributed by atoms with Crippen LogP contribution in [0.25, 0.3) is 0 Å². The number of amides is 1. The van der Waals surface area contributed by atoms with E-state index in [0.717, 1.165) is 6.42 Å². The molecule has 1 aromatic rings. The molecule has 0 radical (unpaired) electrons. The highest BCUT2D eigenvalue weighted by Gasteiger charge is 2.15. The smallest absolute Gasteiger partial charge is 0.358 e. The Morgan fingerprint density at radius 2 is 2.31 bits per heavy atom. The van der Waals surface area contributed by atoms with Crippen molar-refractivity contribution < 1.29 is 9.72 Å². The van der Waals surface area contributed by atoms with E-state index in [1.165, 1.54) is 23.2 Å². The fourth-order valence-electron chi connectivity index (χ4n) is 1.31. The summed E-state index contributed by atoms with van der Waals surface area (Å²) in [6.07, 6.45) is 2.11. The first kappa shape index (κ1) is 12.1. The second kappa shape index (κ2) is 5.20. The molecule has 1 heterocycles. The Morgan fingerprint density at radius 3 is 2.88 bits per heavy atom. The second-order valence-corrected chi connectivity index (χ2v) is 3.39. The monoisotopic (exact) mass is 223 g/mol. The molecule has 1 rings (SSSR count). The van der Waals surface area contributed by atoms with Crippen molar-refractivity contribution in [3.8, 4) is 0 Å². The van der Waals surface area contributed by atoms with Crippen LogP contribution in [-0.4, -0.2) is 34.3 Å². The van der Waals surface area contributed by atoms with Crippen molar-refractivity contribution in [2.75, 3.05) is 13.6 Å². The molecule has 0 atom stereocenters. The van der Waals surface area contributed by atoms with Crippen molar-refractivity contribution in [1.29, 1.82) is 0 Å². The SMILES string of the molecule is CCCN(C)C(=O)c1ccnc([N+](=O)[O-])c1. The summed E-state index contributed by atoms with van der Waals surface area (Å²) in [6, 6.07) is 2.66. The van der Waals surface area contributed by atoms with Gasteiger partial charge < -0.3 is 15.0 Å². The number of pyridine rings is 1. The lowest BCUT2D eigenvalue weighted by molar-refractivity contribution is -0.389. The van der Waals surface area contributed by atoms with Crippen molar-refractivity contribution >= 4 is 11.7 Å². The van der Waals surface area contributed by atoms with Gasteiger partial charge in [0.25, 0.3) is 5.91 Å². The molecule has 1 amide bonds. The minimum Gasteiger partial charge on any atom is -0.358 e. The van der Waals surface area contributed by atoms with E-state index >= 15 is 0 Å². The van der Waals surface area contributed by atoms with Crippen molar-refractivity contribution in [3.05, 3.63) is 34.0 Å². The van der Waals surface area contributed by atoms with Crippen molar-refractivity contribution in [1.82, 2.24) is 9.88 Å². The Bertz CT molecular complexity index is 406. The van der Waals surface area contributed by atoms with Crippen LogP contribution >= 0.6 is 0 Å². The van der Waals surface area contributed by atoms with Gasteiger partial charge in [-0.2, -0.15) is 0 Å². The number of hydrogen-bond donors (Lipinski definition) is 0. The number of hydrogen-bond acceptors (Lipinski definition) is 4. The Morgan fingerprint density at radius 1 is 1.62 bits per heavy atom. The molecular formula is C10H13N3O3. The average molecular weight is 223 g/mol. The highest BCUT2D eigenvalue weighted by atomic mass is 16.6. The van der Waals surface area contributed by atoms with Crippen molar-refractivity contribution in [3.63, 3.8) is 0 Å². The molecule has 0 saturated carbocycles. The zero-order valence-corrected chi connectivity index (χ0v) is 9.21. The number of carbonyl (C=O) groups is 1. The Kier molecular flexibility index (Phi) is 3.93. The molecule has 1 aromatic heterocycles. The molecule has 0 aliphatic heterocycles. The lowest BCUT2D eigenvalue weighted by atomic mass is 10.2. The van der Waals surface area contributed by atoms with Crippen molar-refractivity contribution in [2.24, 2.45) is 0 Å². The normalized spacial score (nSPS) is 9.88. The predicted octanol–water partition coefficient (Wildman–Crippen LogP) is 1.47. The van der Waals surface area contributed by atoms with Gasteiger partial charge in [-0.15, -0.1) is 0 Å². The number of rotatable bonds is 4. The molecule has 0 spiro atoms. The molecular weight excluding hydrogens is 210 g/mol. The maximum atomic E-state index is 11.8. The van der Waals surface area contributed by atoms with E-state index in [0.29, 0.717) is 6.54 Å². The average Bonchev–Trinajstić information content (AvgIpc) is 2.28. The van der Waals surface area contributed by atoms with Gasteiger partial charge in [-0.25, -0.2) is 0 Å². The zero-order valence-electron chi connectivity index (χ0n) is 9.21. The molecule has 0 unspecified atom stereocenters. The van der Waals surface area contributed by atoms with E-state index in [9.17, 15) is 14.9 Å². The Labute approximate surface area is 93.1 Å². The quantitative estimate of drug-likeness (QED) is 0.572. The third kappa shape index (κ3) is 2.75. The molecule has 0 bridgehead atoms. The van der Waals surface area contributed by atoms with Gasteiger partial charge >= 0.3 is 5.82 Å². The fourth-order valence-corrected chi connectivity index (χ4v) is 1.31. The summed E-state index contributed by atoms with van der Waals surface area (Å²) < 4.78 is 0. The molecule has 0 aliphatic rings. The van der Waals surface area contributed by atoms with E-state index in [1.807, 2.05) is 6.92 Å². The second-order valence-electron chi connectivity index (χ2n) is 3.39.